The van der Waals surface area contributed by atoms with E-state index in [1.165, 1.54) is 63.5 Å². The summed E-state index contributed by atoms with van der Waals surface area (Å²) in [4.78, 5) is 0. The fourth-order valence-corrected chi connectivity index (χ4v) is 4.83. The molecule has 0 saturated heterocycles. The third-order valence-electron chi connectivity index (χ3n) is 6.54. The van der Waals surface area contributed by atoms with Crippen molar-refractivity contribution in [3.8, 4) is 0 Å². The molecule has 0 bridgehead atoms. The van der Waals surface area contributed by atoms with Crippen LogP contribution in [0.25, 0.3) is 0 Å². The zero-order chi connectivity index (χ0) is 19.1. The van der Waals surface area contributed by atoms with Crippen molar-refractivity contribution in [2.24, 2.45) is 17.8 Å². The van der Waals surface area contributed by atoms with Crippen molar-refractivity contribution in [3.63, 3.8) is 0 Å². The van der Waals surface area contributed by atoms with Crippen LogP contribution >= 0.6 is 0 Å². The van der Waals surface area contributed by atoms with E-state index in [1.54, 1.807) is 6.07 Å². The summed E-state index contributed by atoms with van der Waals surface area (Å²) in [6, 6.07) is 4.03. The maximum absolute atomic E-state index is 13.3. The summed E-state index contributed by atoms with van der Waals surface area (Å²) in [6.07, 6.45) is 17.8. The molecule has 1 nitrogen and oxygen atoms in total. The highest BCUT2D eigenvalue weighted by molar-refractivity contribution is 5.16. The van der Waals surface area contributed by atoms with Gasteiger partial charge in [0.2, 0.25) is 0 Å². The lowest BCUT2D eigenvalue weighted by atomic mass is 9.70. The van der Waals surface area contributed by atoms with Gasteiger partial charge in [0.25, 0.3) is 0 Å². The van der Waals surface area contributed by atoms with Crippen molar-refractivity contribution in [1.29, 1.82) is 0 Å². The fraction of sp³-hybridized carbons (Fsp3) is 0.667. The number of hydrogen-bond donors (Lipinski definition) is 0. The van der Waals surface area contributed by atoms with Crippen molar-refractivity contribution >= 4 is 0 Å². The average molecular weight is 377 g/mol. The summed E-state index contributed by atoms with van der Waals surface area (Å²) in [6.45, 7) is 2.61. The Labute approximate surface area is 163 Å². The first-order chi connectivity index (χ1) is 13.2. The second kappa shape index (κ2) is 10.4. The maximum Gasteiger partial charge on any atom is 0.159 e. The first-order valence-corrected chi connectivity index (χ1v) is 10.9. The monoisotopic (exact) mass is 376 g/mol. The Kier molecular flexibility index (Phi) is 7.87. The van der Waals surface area contributed by atoms with Crippen LogP contribution < -0.4 is 0 Å². The van der Waals surface area contributed by atoms with Gasteiger partial charge in [0.05, 0.1) is 12.7 Å². The number of halogens is 2. The van der Waals surface area contributed by atoms with Crippen LogP contribution in [0.3, 0.4) is 0 Å². The van der Waals surface area contributed by atoms with Crippen LogP contribution in [0.2, 0.25) is 0 Å². The van der Waals surface area contributed by atoms with Crippen LogP contribution in [0, 0.1) is 29.4 Å². The zero-order valence-electron chi connectivity index (χ0n) is 16.6. The molecule has 1 aromatic rings. The van der Waals surface area contributed by atoms with Crippen LogP contribution in [0.1, 0.15) is 76.7 Å². The molecule has 0 atom stereocenters. The van der Waals surface area contributed by atoms with Gasteiger partial charge in [-0.1, -0.05) is 31.6 Å². The second-order valence-corrected chi connectivity index (χ2v) is 8.49. The first-order valence-electron chi connectivity index (χ1n) is 10.9. The van der Waals surface area contributed by atoms with Gasteiger partial charge in [-0.3, -0.25) is 0 Å². The summed E-state index contributed by atoms with van der Waals surface area (Å²) < 4.78 is 32.3. The third kappa shape index (κ3) is 6.14. The molecular weight excluding hydrogens is 342 g/mol. The quantitative estimate of drug-likeness (QED) is 0.457. The fourth-order valence-electron chi connectivity index (χ4n) is 4.83. The molecule has 0 amide bonds. The van der Waals surface area contributed by atoms with E-state index < -0.39 is 11.6 Å². The van der Waals surface area contributed by atoms with Gasteiger partial charge in [-0.2, -0.15) is 0 Å². The zero-order valence-corrected chi connectivity index (χ0v) is 16.6. The van der Waals surface area contributed by atoms with Gasteiger partial charge in [-0.05, 0) is 93.2 Å². The van der Waals surface area contributed by atoms with E-state index in [-0.39, 0.29) is 6.10 Å². The Morgan fingerprint density at radius 2 is 1.59 bits per heavy atom. The predicted molar refractivity (Wildman–Crippen MR) is 106 cm³/mol. The smallest absolute Gasteiger partial charge is 0.159 e. The van der Waals surface area contributed by atoms with E-state index in [2.05, 4.69) is 19.1 Å². The normalized spacial score (nSPS) is 29.3. The molecule has 2 saturated carbocycles. The Morgan fingerprint density at radius 3 is 2.22 bits per heavy atom. The maximum atomic E-state index is 13.3. The SMILES string of the molecule is CCCC=CC1CCC(C2CCC(OCc3ccc(F)c(F)c3)CC2)CC1. The van der Waals surface area contributed by atoms with Gasteiger partial charge in [0.15, 0.2) is 11.6 Å². The molecule has 2 aliphatic rings. The summed E-state index contributed by atoms with van der Waals surface area (Å²) in [7, 11) is 0. The van der Waals surface area contributed by atoms with Crippen molar-refractivity contribution < 1.29 is 13.5 Å². The minimum atomic E-state index is -0.796. The molecule has 0 heterocycles. The molecule has 1 aromatic carbocycles. The number of hydrogen-bond acceptors (Lipinski definition) is 1. The molecule has 0 aromatic heterocycles. The summed E-state index contributed by atoms with van der Waals surface area (Å²) in [5.41, 5.74) is 0.713. The minimum absolute atomic E-state index is 0.266. The van der Waals surface area contributed by atoms with Crippen LogP contribution in [0.4, 0.5) is 8.78 Å². The van der Waals surface area contributed by atoms with E-state index >= 15 is 0 Å². The summed E-state index contributed by atoms with van der Waals surface area (Å²) >= 11 is 0. The van der Waals surface area contributed by atoms with Gasteiger partial charge in [0, 0.05) is 0 Å². The molecule has 3 heteroatoms. The lowest BCUT2D eigenvalue weighted by Gasteiger charge is -2.37. The van der Waals surface area contributed by atoms with Crippen molar-refractivity contribution in [2.45, 2.75) is 83.8 Å². The molecule has 0 radical (unpaired) electrons. The Morgan fingerprint density at radius 1 is 0.926 bits per heavy atom. The van der Waals surface area contributed by atoms with E-state index in [9.17, 15) is 8.78 Å². The van der Waals surface area contributed by atoms with Crippen molar-refractivity contribution in [3.05, 3.63) is 47.5 Å². The van der Waals surface area contributed by atoms with Crippen molar-refractivity contribution in [1.82, 2.24) is 0 Å². The average Bonchev–Trinajstić information content (AvgIpc) is 2.70. The van der Waals surface area contributed by atoms with Gasteiger partial charge in [-0.25, -0.2) is 8.78 Å². The molecule has 0 N–H and O–H groups in total. The third-order valence-corrected chi connectivity index (χ3v) is 6.54. The van der Waals surface area contributed by atoms with E-state index in [0.717, 1.165) is 30.6 Å². The molecular formula is C24H34F2O. The number of unbranched alkanes of at least 4 members (excludes halogenated alkanes) is 1. The number of ether oxygens (including phenoxy) is 1. The topological polar surface area (TPSA) is 9.23 Å². The summed E-state index contributed by atoms with van der Waals surface area (Å²) in [5.74, 6) is 0.972. The standard InChI is InChI=1S/C24H34F2O/c1-2-3-4-5-18-6-9-20(10-7-18)21-11-13-22(14-12-21)27-17-19-8-15-23(25)24(26)16-19/h4-5,8,15-16,18,20-22H,2-3,6-7,9-14,17H2,1H3. The lowest BCUT2D eigenvalue weighted by Crippen LogP contribution is -2.28. The second-order valence-electron chi connectivity index (χ2n) is 8.49. The van der Waals surface area contributed by atoms with Crippen LogP contribution in [-0.4, -0.2) is 6.10 Å². The predicted octanol–water partition coefficient (Wildman–Crippen LogP) is 7.20. The van der Waals surface area contributed by atoms with Gasteiger partial charge >= 0.3 is 0 Å². The lowest BCUT2D eigenvalue weighted by molar-refractivity contribution is -0.00238. The first kappa shape index (κ1) is 20.5. The van der Waals surface area contributed by atoms with Crippen LogP contribution in [0.5, 0.6) is 0 Å². The molecule has 2 aliphatic carbocycles. The molecule has 0 spiro atoms. The molecule has 150 valence electrons. The van der Waals surface area contributed by atoms with Crippen LogP contribution in [0.15, 0.2) is 30.4 Å². The number of benzene rings is 1. The highest BCUT2D eigenvalue weighted by atomic mass is 19.2. The van der Waals surface area contributed by atoms with Gasteiger partial charge < -0.3 is 4.74 Å². The summed E-state index contributed by atoms with van der Waals surface area (Å²) in [5, 5.41) is 0. The van der Waals surface area contributed by atoms with Gasteiger partial charge in [-0.15, -0.1) is 0 Å². The largest absolute Gasteiger partial charge is 0.374 e. The van der Waals surface area contributed by atoms with Crippen LogP contribution in [-0.2, 0) is 11.3 Å². The van der Waals surface area contributed by atoms with E-state index in [4.69, 9.17) is 4.74 Å². The number of rotatable bonds is 7. The minimum Gasteiger partial charge on any atom is -0.374 e. The Hall–Kier alpha value is -1.22. The van der Waals surface area contributed by atoms with Crippen molar-refractivity contribution in [2.75, 3.05) is 0 Å². The molecule has 3 rings (SSSR count). The molecule has 0 aliphatic heterocycles. The highest BCUT2D eigenvalue weighted by Gasteiger charge is 2.30. The Bertz CT molecular complexity index is 596. The molecule has 2 fully saturated rings. The molecule has 27 heavy (non-hydrogen) atoms. The van der Waals surface area contributed by atoms with E-state index in [0.29, 0.717) is 12.2 Å². The van der Waals surface area contributed by atoms with E-state index in [1.807, 2.05) is 0 Å². The van der Waals surface area contributed by atoms with Gasteiger partial charge in [0.1, 0.15) is 0 Å². The number of allylic oxidation sites excluding steroid dienone is 2. The Balaban J connectivity index is 1.36. The highest BCUT2D eigenvalue weighted by Crippen LogP contribution is 2.41. The molecule has 0 unspecified atom stereocenters.